The summed E-state index contributed by atoms with van der Waals surface area (Å²) in [4.78, 5) is 0. The predicted molar refractivity (Wildman–Crippen MR) is 62.3 cm³/mol. The third kappa shape index (κ3) is 3.97. The first kappa shape index (κ1) is 12.0. The van der Waals surface area contributed by atoms with Gasteiger partial charge in [-0.1, -0.05) is 40.0 Å². The number of hydrogen-bond acceptors (Lipinski definition) is 2. The second-order valence-electron chi connectivity index (χ2n) is 5.72. The molecule has 2 nitrogen and oxygen atoms in total. The van der Waals surface area contributed by atoms with Crippen molar-refractivity contribution in [3.8, 4) is 0 Å². The maximum Gasteiger partial charge on any atom is 0.0214 e. The molecule has 0 aromatic heterocycles. The Morgan fingerprint density at radius 2 is 1.79 bits per heavy atom. The zero-order valence-electron chi connectivity index (χ0n) is 9.97. The van der Waals surface area contributed by atoms with E-state index in [4.69, 9.17) is 5.73 Å². The van der Waals surface area contributed by atoms with Gasteiger partial charge in [0, 0.05) is 18.6 Å². The van der Waals surface area contributed by atoms with Gasteiger partial charge in [-0.2, -0.15) is 0 Å². The zero-order valence-corrected chi connectivity index (χ0v) is 9.97. The van der Waals surface area contributed by atoms with Crippen LogP contribution >= 0.6 is 0 Å². The number of hydrogen-bond donors (Lipinski definition) is 2. The third-order valence-electron chi connectivity index (χ3n) is 3.34. The number of nitrogens with one attached hydrogen (secondary N) is 1. The monoisotopic (exact) mass is 198 g/mol. The van der Waals surface area contributed by atoms with E-state index in [0.29, 0.717) is 0 Å². The van der Waals surface area contributed by atoms with Crippen LogP contribution in [0.25, 0.3) is 0 Å². The van der Waals surface area contributed by atoms with Gasteiger partial charge in [0.1, 0.15) is 0 Å². The molecule has 0 radical (unpaired) electrons. The maximum atomic E-state index is 6.11. The van der Waals surface area contributed by atoms with E-state index in [9.17, 15) is 0 Å². The van der Waals surface area contributed by atoms with Crippen molar-refractivity contribution < 1.29 is 0 Å². The molecule has 1 fully saturated rings. The van der Waals surface area contributed by atoms with Crippen molar-refractivity contribution in [2.24, 2.45) is 11.1 Å². The highest BCUT2D eigenvalue weighted by Gasteiger charge is 2.21. The molecule has 0 aromatic carbocycles. The van der Waals surface area contributed by atoms with Gasteiger partial charge in [-0.05, 0) is 18.3 Å². The van der Waals surface area contributed by atoms with E-state index in [-0.39, 0.29) is 11.5 Å². The fraction of sp³-hybridized carbons (Fsp3) is 1.00. The van der Waals surface area contributed by atoms with Gasteiger partial charge in [0.2, 0.25) is 0 Å². The summed E-state index contributed by atoms with van der Waals surface area (Å²) in [7, 11) is 0. The molecule has 2 heteroatoms. The smallest absolute Gasteiger partial charge is 0.0214 e. The minimum absolute atomic E-state index is 0.224. The number of rotatable bonds is 3. The molecule has 0 amide bonds. The Hall–Kier alpha value is -0.0800. The first-order chi connectivity index (χ1) is 6.50. The second-order valence-corrected chi connectivity index (χ2v) is 5.72. The molecule has 0 spiro atoms. The van der Waals surface area contributed by atoms with Crippen molar-refractivity contribution in [1.82, 2.24) is 5.32 Å². The molecule has 0 bridgehead atoms. The van der Waals surface area contributed by atoms with Crippen LogP contribution in [0.5, 0.6) is 0 Å². The molecule has 0 aromatic rings. The Balaban J connectivity index is 2.19. The summed E-state index contributed by atoms with van der Waals surface area (Å²) in [6, 6.07) is 1.00. The lowest BCUT2D eigenvalue weighted by atomic mass is 9.87. The third-order valence-corrected chi connectivity index (χ3v) is 3.34. The molecule has 0 aliphatic heterocycles. The highest BCUT2D eigenvalue weighted by Crippen LogP contribution is 2.19. The molecule has 3 N–H and O–H groups in total. The highest BCUT2D eigenvalue weighted by atomic mass is 14.9. The standard InChI is InChI=1S/C12H26N2/c1-12(2,3)11(13)9-14-10-7-5-4-6-8-10/h10-11,14H,4-9,13H2,1-3H3/t11-/m1/s1. The van der Waals surface area contributed by atoms with Gasteiger partial charge < -0.3 is 11.1 Å². The normalized spacial score (nSPS) is 22.3. The van der Waals surface area contributed by atoms with Crippen molar-refractivity contribution >= 4 is 0 Å². The Kier molecular flexibility index (Phi) is 4.39. The van der Waals surface area contributed by atoms with E-state index in [1.165, 1.54) is 32.1 Å². The van der Waals surface area contributed by atoms with Crippen LogP contribution in [0.4, 0.5) is 0 Å². The Morgan fingerprint density at radius 3 is 2.29 bits per heavy atom. The van der Waals surface area contributed by atoms with Crippen molar-refractivity contribution in [2.75, 3.05) is 6.54 Å². The lowest BCUT2D eigenvalue weighted by molar-refractivity contribution is 0.283. The molecule has 1 atom stereocenters. The molecule has 1 rings (SSSR count). The van der Waals surface area contributed by atoms with E-state index in [1.807, 2.05) is 0 Å². The molecular formula is C12H26N2. The molecule has 84 valence electrons. The first-order valence-electron chi connectivity index (χ1n) is 5.99. The Bertz CT molecular complexity index is 154. The van der Waals surface area contributed by atoms with Crippen molar-refractivity contribution in [3.63, 3.8) is 0 Å². The average molecular weight is 198 g/mol. The van der Waals surface area contributed by atoms with E-state index in [2.05, 4.69) is 26.1 Å². The lowest BCUT2D eigenvalue weighted by Gasteiger charge is -2.30. The Morgan fingerprint density at radius 1 is 1.21 bits per heavy atom. The van der Waals surface area contributed by atoms with Crippen molar-refractivity contribution in [2.45, 2.75) is 65.0 Å². The summed E-state index contributed by atoms with van der Waals surface area (Å²) >= 11 is 0. The van der Waals surface area contributed by atoms with Gasteiger partial charge in [-0.3, -0.25) is 0 Å². The van der Waals surface area contributed by atoms with E-state index in [0.717, 1.165) is 12.6 Å². The molecule has 0 unspecified atom stereocenters. The largest absolute Gasteiger partial charge is 0.326 e. The van der Waals surface area contributed by atoms with Crippen LogP contribution in [0.15, 0.2) is 0 Å². The summed E-state index contributed by atoms with van der Waals surface area (Å²) < 4.78 is 0. The molecule has 0 heterocycles. The van der Waals surface area contributed by atoms with Crippen LogP contribution in [0.3, 0.4) is 0 Å². The summed E-state index contributed by atoms with van der Waals surface area (Å²) in [5, 5.41) is 3.60. The summed E-state index contributed by atoms with van der Waals surface area (Å²) in [6.45, 7) is 7.59. The highest BCUT2D eigenvalue weighted by molar-refractivity contribution is 4.81. The summed E-state index contributed by atoms with van der Waals surface area (Å²) in [5.41, 5.74) is 6.33. The molecule has 1 aliphatic rings. The van der Waals surface area contributed by atoms with Crippen LogP contribution in [0, 0.1) is 5.41 Å². The van der Waals surface area contributed by atoms with Gasteiger partial charge in [0.15, 0.2) is 0 Å². The number of nitrogens with two attached hydrogens (primary N) is 1. The van der Waals surface area contributed by atoms with E-state index in [1.54, 1.807) is 0 Å². The van der Waals surface area contributed by atoms with Crippen molar-refractivity contribution in [3.05, 3.63) is 0 Å². The van der Waals surface area contributed by atoms with Crippen LogP contribution in [0.2, 0.25) is 0 Å². The fourth-order valence-electron chi connectivity index (χ4n) is 1.91. The van der Waals surface area contributed by atoms with Gasteiger partial charge >= 0.3 is 0 Å². The molecule has 1 aliphatic carbocycles. The van der Waals surface area contributed by atoms with Gasteiger partial charge in [-0.25, -0.2) is 0 Å². The average Bonchev–Trinajstić information content (AvgIpc) is 2.14. The van der Waals surface area contributed by atoms with Gasteiger partial charge in [0.05, 0.1) is 0 Å². The maximum absolute atomic E-state index is 6.11. The van der Waals surface area contributed by atoms with Crippen LogP contribution < -0.4 is 11.1 Å². The fourth-order valence-corrected chi connectivity index (χ4v) is 1.91. The molecular weight excluding hydrogens is 172 g/mol. The zero-order chi connectivity index (χ0) is 10.6. The minimum atomic E-state index is 0.224. The SMILES string of the molecule is CC(C)(C)[C@H](N)CNC1CCCCC1. The second kappa shape index (κ2) is 5.13. The quantitative estimate of drug-likeness (QED) is 0.730. The summed E-state index contributed by atoms with van der Waals surface area (Å²) in [6.07, 6.45) is 6.89. The van der Waals surface area contributed by atoms with E-state index >= 15 is 0 Å². The topological polar surface area (TPSA) is 38.0 Å². The molecule has 1 saturated carbocycles. The molecule has 14 heavy (non-hydrogen) atoms. The first-order valence-corrected chi connectivity index (χ1v) is 5.99. The summed E-state index contributed by atoms with van der Waals surface area (Å²) in [5.74, 6) is 0. The van der Waals surface area contributed by atoms with Gasteiger partial charge in [0.25, 0.3) is 0 Å². The van der Waals surface area contributed by atoms with Crippen molar-refractivity contribution in [1.29, 1.82) is 0 Å². The molecule has 0 saturated heterocycles. The van der Waals surface area contributed by atoms with E-state index < -0.39 is 0 Å². The predicted octanol–water partition coefficient (Wildman–Crippen LogP) is 2.28. The van der Waals surface area contributed by atoms with Gasteiger partial charge in [-0.15, -0.1) is 0 Å². The van der Waals surface area contributed by atoms with Crippen LogP contribution in [-0.2, 0) is 0 Å². The minimum Gasteiger partial charge on any atom is -0.326 e. The van der Waals surface area contributed by atoms with Crippen LogP contribution in [-0.4, -0.2) is 18.6 Å². The lowest BCUT2D eigenvalue weighted by Crippen LogP contribution is -2.46. The Labute approximate surface area is 88.6 Å². The van der Waals surface area contributed by atoms with Crippen LogP contribution in [0.1, 0.15) is 52.9 Å².